The fourth-order valence-corrected chi connectivity index (χ4v) is 3.46. The first-order chi connectivity index (χ1) is 13.3. The fraction of sp³-hybridized carbons (Fsp3) is 0.632. The van der Waals surface area contributed by atoms with E-state index >= 15 is 0 Å². The highest BCUT2D eigenvalue weighted by molar-refractivity contribution is 14.0. The molecule has 1 aromatic heterocycles. The van der Waals surface area contributed by atoms with E-state index in [4.69, 9.17) is 0 Å². The van der Waals surface area contributed by atoms with Gasteiger partial charge in [0.2, 0.25) is 11.8 Å². The summed E-state index contributed by atoms with van der Waals surface area (Å²) in [4.78, 5) is 35.5. The zero-order chi connectivity index (χ0) is 20.5. The summed E-state index contributed by atoms with van der Waals surface area (Å²) >= 11 is 1.69. The number of aliphatic imine (C=N–C) groups is 1. The molecule has 1 saturated heterocycles. The van der Waals surface area contributed by atoms with E-state index in [-0.39, 0.29) is 48.4 Å². The Bertz CT molecular complexity index is 658. The van der Waals surface area contributed by atoms with Gasteiger partial charge in [-0.2, -0.15) is 0 Å². The molecule has 1 aliphatic rings. The number of nitrogens with zero attached hydrogens (tertiary/aromatic N) is 4. The molecule has 164 valence electrons. The van der Waals surface area contributed by atoms with Crippen molar-refractivity contribution in [2.75, 3.05) is 53.4 Å². The Morgan fingerprint density at radius 1 is 1.24 bits per heavy atom. The molecule has 2 heterocycles. The maximum atomic E-state index is 12.0. The normalized spacial score (nSPS) is 15.1. The smallest absolute Gasteiger partial charge is 0.243 e. The molecular weight excluding hydrogens is 503 g/mol. The Morgan fingerprint density at radius 3 is 2.48 bits per heavy atom. The average Bonchev–Trinajstić information content (AvgIpc) is 3.15. The maximum absolute atomic E-state index is 12.0. The fourth-order valence-electron chi connectivity index (χ4n) is 2.82. The van der Waals surface area contributed by atoms with Gasteiger partial charge in [-0.25, -0.2) is 4.99 Å². The van der Waals surface area contributed by atoms with Crippen molar-refractivity contribution in [2.24, 2.45) is 4.99 Å². The molecule has 29 heavy (non-hydrogen) atoms. The number of likely N-dealkylation sites (N-methyl/N-ethyl adjacent to an activating group) is 1. The molecule has 0 atom stereocenters. The van der Waals surface area contributed by atoms with Crippen LogP contribution >= 0.6 is 35.3 Å². The highest BCUT2D eigenvalue weighted by Crippen LogP contribution is 2.09. The van der Waals surface area contributed by atoms with Crippen LogP contribution in [0, 0.1) is 0 Å². The first-order valence-corrected chi connectivity index (χ1v) is 10.5. The zero-order valence-corrected chi connectivity index (χ0v) is 20.8. The maximum Gasteiger partial charge on any atom is 0.243 e. The van der Waals surface area contributed by atoms with E-state index in [1.165, 1.54) is 4.88 Å². The number of rotatable bonds is 7. The van der Waals surface area contributed by atoms with Crippen molar-refractivity contribution < 1.29 is 9.59 Å². The predicted octanol–water partition coefficient (Wildman–Crippen LogP) is 1.04. The van der Waals surface area contributed by atoms with E-state index in [2.05, 4.69) is 31.5 Å². The topological polar surface area (TPSA) is 80.3 Å². The number of halogens is 1. The molecule has 2 amide bonds. The predicted molar refractivity (Wildman–Crippen MR) is 129 cm³/mol. The highest BCUT2D eigenvalue weighted by atomic mass is 127. The Hall–Kier alpha value is -1.40. The summed E-state index contributed by atoms with van der Waals surface area (Å²) in [5.41, 5.74) is 0. The van der Waals surface area contributed by atoms with E-state index < -0.39 is 0 Å². The lowest BCUT2D eigenvalue weighted by molar-refractivity contribution is -0.127. The van der Waals surface area contributed by atoms with Crippen molar-refractivity contribution >= 4 is 53.1 Å². The molecule has 1 aromatic rings. The first-order valence-electron chi connectivity index (χ1n) is 9.62. The van der Waals surface area contributed by atoms with Crippen molar-refractivity contribution in [3.8, 4) is 0 Å². The van der Waals surface area contributed by atoms with E-state index in [0.29, 0.717) is 13.1 Å². The highest BCUT2D eigenvalue weighted by Gasteiger charge is 2.22. The van der Waals surface area contributed by atoms with Crippen LogP contribution in [0.15, 0.2) is 22.5 Å². The third-order valence-electron chi connectivity index (χ3n) is 4.35. The van der Waals surface area contributed by atoms with Gasteiger partial charge in [0, 0.05) is 51.2 Å². The van der Waals surface area contributed by atoms with E-state index in [9.17, 15) is 9.59 Å². The first kappa shape index (κ1) is 25.6. The van der Waals surface area contributed by atoms with Crippen molar-refractivity contribution in [3.63, 3.8) is 0 Å². The Balaban J connectivity index is 0.00000420. The molecule has 0 aromatic carbocycles. The van der Waals surface area contributed by atoms with Gasteiger partial charge in [-0.3, -0.25) is 14.5 Å². The number of thiophene rings is 1. The lowest BCUT2D eigenvalue weighted by Crippen LogP contribution is -2.54. The monoisotopic (exact) mass is 536 g/mol. The minimum Gasteiger partial charge on any atom is -0.353 e. The number of carbonyl (C=O) groups excluding carboxylic acids is 2. The minimum atomic E-state index is -0.0283. The van der Waals surface area contributed by atoms with Crippen molar-refractivity contribution in [2.45, 2.75) is 26.4 Å². The number of amides is 2. The van der Waals surface area contributed by atoms with Gasteiger partial charge in [0.05, 0.1) is 13.1 Å². The SMILES string of the molecule is CC(C)NC(=O)CN1CCN(C(=NCC(=O)N(C)C)NCc2cccs2)CC1.I. The molecule has 10 heteroatoms. The van der Waals surface area contributed by atoms with Crippen LogP contribution < -0.4 is 10.6 Å². The summed E-state index contributed by atoms with van der Waals surface area (Å²) in [5, 5.41) is 8.36. The van der Waals surface area contributed by atoms with Crippen LogP contribution in [0.25, 0.3) is 0 Å². The van der Waals surface area contributed by atoms with Gasteiger partial charge >= 0.3 is 0 Å². The van der Waals surface area contributed by atoms with Crippen LogP contribution in [-0.2, 0) is 16.1 Å². The summed E-state index contributed by atoms with van der Waals surface area (Å²) in [7, 11) is 3.47. The van der Waals surface area contributed by atoms with Gasteiger partial charge < -0.3 is 20.4 Å². The molecule has 1 fully saturated rings. The van der Waals surface area contributed by atoms with E-state index in [1.54, 1.807) is 30.3 Å². The Kier molecular flexibility index (Phi) is 11.5. The molecular formula is C19H33IN6O2S. The lowest BCUT2D eigenvalue weighted by atomic mass is 10.3. The molecule has 2 rings (SSSR count). The number of piperazine rings is 1. The molecule has 8 nitrogen and oxygen atoms in total. The number of guanidine groups is 1. The number of hydrogen-bond donors (Lipinski definition) is 2. The Labute approximate surface area is 194 Å². The molecule has 0 aliphatic carbocycles. The molecule has 0 saturated carbocycles. The number of carbonyl (C=O) groups is 2. The largest absolute Gasteiger partial charge is 0.353 e. The quantitative estimate of drug-likeness (QED) is 0.310. The summed E-state index contributed by atoms with van der Waals surface area (Å²) in [6, 6.07) is 4.25. The van der Waals surface area contributed by atoms with Crippen molar-refractivity contribution in [1.82, 2.24) is 25.3 Å². The molecule has 0 bridgehead atoms. The Morgan fingerprint density at radius 2 is 1.93 bits per heavy atom. The van der Waals surface area contributed by atoms with E-state index in [0.717, 1.165) is 32.1 Å². The third-order valence-corrected chi connectivity index (χ3v) is 5.23. The number of hydrogen-bond acceptors (Lipinski definition) is 5. The summed E-state index contributed by atoms with van der Waals surface area (Å²) in [6.07, 6.45) is 0. The zero-order valence-electron chi connectivity index (χ0n) is 17.7. The van der Waals surface area contributed by atoms with Crippen LogP contribution in [0.1, 0.15) is 18.7 Å². The van der Waals surface area contributed by atoms with Gasteiger partial charge in [0.25, 0.3) is 0 Å². The lowest BCUT2D eigenvalue weighted by Gasteiger charge is -2.36. The van der Waals surface area contributed by atoms with Crippen molar-refractivity contribution in [1.29, 1.82) is 0 Å². The second-order valence-electron chi connectivity index (χ2n) is 7.35. The summed E-state index contributed by atoms with van der Waals surface area (Å²) < 4.78 is 0. The van der Waals surface area contributed by atoms with Crippen LogP contribution in [0.2, 0.25) is 0 Å². The van der Waals surface area contributed by atoms with Gasteiger partial charge in [0.15, 0.2) is 5.96 Å². The van der Waals surface area contributed by atoms with Gasteiger partial charge in [-0.1, -0.05) is 6.07 Å². The average molecular weight is 536 g/mol. The third kappa shape index (κ3) is 9.30. The standard InChI is InChI=1S/C19H32N6O2S.HI/c1-15(2)22-17(26)14-24-7-9-25(10-8-24)19(21-13-18(27)23(3)4)20-12-16-6-5-11-28-16;/h5-6,11,15H,7-10,12-14H2,1-4H3,(H,20,21)(H,22,26);1H. The molecule has 0 spiro atoms. The van der Waals surface area contributed by atoms with Gasteiger partial charge in [0.1, 0.15) is 6.54 Å². The van der Waals surface area contributed by atoms with Gasteiger partial charge in [-0.15, -0.1) is 35.3 Å². The van der Waals surface area contributed by atoms with Crippen LogP contribution in [0.3, 0.4) is 0 Å². The van der Waals surface area contributed by atoms with Crippen LogP contribution in [-0.4, -0.2) is 91.9 Å². The number of nitrogens with one attached hydrogen (secondary N) is 2. The van der Waals surface area contributed by atoms with E-state index in [1.807, 2.05) is 25.3 Å². The van der Waals surface area contributed by atoms with Crippen molar-refractivity contribution in [3.05, 3.63) is 22.4 Å². The molecule has 2 N–H and O–H groups in total. The molecule has 0 unspecified atom stereocenters. The van der Waals surface area contributed by atoms with Gasteiger partial charge in [-0.05, 0) is 25.3 Å². The summed E-state index contributed by atoms with van der Waals surface area (Å²) in [6.45, 7) is 8.25. The minimum absolute atomic E-state index is 0. The van der Waals surface area contributed by atoms with Crippen LogP contribution in [0.5, 0.6) is 0 Å². The molecule has 0 radical (unpaired) electrons. The second-order valence-corrected chi connectivity index (χ2v) is 8.38. The molecule has 1 aliphatic heterocycles. The second kappa shape index (κ2) is 13.0. The van der Waals surface area contributed by atoms with Crippen LogP contribution in [0.4, 0.5) is 0 Å². The summed E-state index contributed by atoms with van der Waals surface area (Å²) in [5.74, 6) is 0.777.